The monoisotopic (exact) mass is 582 g/mol. The Morgan fingerprint density at radius 2 is 1.71 bits per heavy atom. The van der Waals surface area contributed by atoms with E-state index in [4.69, 9.17) is 4.74 Å². The van der Waals surface area contributed by atoms with Crippen LogP contribution in [0.1, 0.15) is 134 Å². The minimum absolute atomic E-state index is 0.0218. The zero-order valence-corrected chi connectivity index (χ0v) is 28.6. The third kappa shape index (κ3) is 7.74. The molecule has 1 saturated carbocycles. The zero-order valence-electron chi connectivity index (χ0n) is 28.6. The third-order valence-corrected chi connectivity index (χ3v) is 10.9. The van der Waals surface area contributed by atoms with Gasteiger partial charge in [0.15, 0.2) is 11.6 Å². The van der Waals surface area contributed by atoms with E-state index in [-0.39, 0.29) is 57.4 Å². The Bertz CT molecular complexity index is 1140. The summed E-state index contributed by atoms with van der Waals surface area (Å²) in [6.07, 6.45) is 10.4. The zero-order chi connectivity index (χ0) is 32.3. The van der Waals surface area contributed by atoms with Gasteiger partial charge in [0.1, 0.15) is 6.07 Å². The molecule has 2 rings (SSSR count). The fraction of sp³-hybridized carbons (Fsp3) is 0.778. The summed E-state index contributed by atoms with van der Waals surface area (Å²) in [4.78, 5) is 38.5. The minimum Gasteiger partial charge on any atom is -0.447 e. The fourth-order valence-electron chi connectivity index (χ4n) is 7.75. The van der Waals surface area contributed by atoms with Crippen LogP contribution in [0.4, 0.5) is 4.79 Å². The topological polar surface area (TPSA) is 96.3 Å². The van der Waals surface area contributed by atoms with E-state index >= 15 is 0 Å². The molecule has 0 aromatic carbocycles. The Balaban J connectivity index is 2.50. The second-order valence-electron chi connectivity index (χ2n) is 15.7. The van der Waals surface area contributed by atoms with Crippen LogP contribution in [0, 0.1) is 44.8 Å². The molecule has 42 heavy (non-hydrogen) atoms. The number of nitriles is 1. The predicted molar refractivity (Wildman–Crippen MR) is 170 cm³/mol. The molecule has 1 fully saturated rings. The van der Waals surface area contributed by atoms with Gasteiger partial charge in [-0.25, -0.2) is 4.79 Å². The van der Waals surface area contributed by atoms with Crippen LogP contribution in [-0.2, 0) is 14.3 Å². The van der Waals surface area contributed by atoms with Crippen molar-refractivity contribution in [3.05, 3.63) is 23.3 Å². The molecule has 0 aromatic rings. The van der Waals surface area contributed by atoms with E-state index in [1.54, 1.807) is 13.0 Å². The van der Waals surface area contributed by atoms with Gasteiger partial charge in [0.2, 0.25) is 0 Å². The van der Waals surface area contributed by atoms with E-state index in [9.17, 15) is 19.6 Å². The number of ketones is 2. The highest BCUT2D eigenvalue weighted by Crippen LogP contribution is 2.65. The molecular weight excluding hydrogens is 524 g/mol. The van der Waals surface area contributed by atoms with Crippen molar-refractivity contribution < 1.29 is 19.1 Å². The number of rotatable bonds is 12. The van der Waals surface area contributed by atoms with E-state index in [2.05, 4.69) is 66.8 Å². The van der Waals surface area contributed by atoms with Gasteiger partial charge in [-0.15, -0.1) is 0 Å². The number of carbonyl (C=O) groups is 3. The van der Waals surface area contributed by atoms with E-state index < -0.39 is 11.0 Å². The molecule has 0 bridgehead atoms. The molecule has 0 heterocycles. The van der Waals surface area contributed by atoms with Crippen molar-refractivity contribution >= 4 is 17.7 Å². The summed E-state index contributed by atoms with van der Waals surface area (Å²) in [5.74, 6) is -0.351. The Labute approximate surface area is 256 Å². The number of allylic oxidation sites excluding steroid dienone is 4. The van der Waals surface area contributed by atoms with Crippen molar-refractivity contribution in [2.24, 2.45) is 33.5 Å². The van der Waals surface area contributed by atoms with Crippen LogP contribution in [0.15, 0.2) is 23.3 Å². The molecule has 0 aromatic heterocycles. The number of carbonyl (C=O) groups excluding carboxylic acids is 3. The lowest BCUT2D eigenvalue weighted by Gasteiger charge is -2.59. The third-order valence-electron chi connectivity index (χ3n) is 10.9. The van der Waals surface area contributed by atoms with Gasteiger partial charge in [-0.05, 0) is 101 Å². The first-order valence-corrected chi connectivity index (χ1v) is 16.1. The Morgan fingerprint density at radius 3 is 2.24 bits per heavy atom. The molecule has 0 unspecified atom stereocenters. The average molecular weight is 583 g/mol. The number of nitrogens with zero attached hydrogens (tertiary/aromatic N) is 1. The lowest BCUT2D eigenvalue weighted by atomic mass is 9.44. The Morgan fingerprint density at radius 1 is 1.12 bits per heavy atom. The number of hydrogen-bond donors (Lipinski definition) is 1. The van der Waals surface area contributed by atoms with Crippen LogP contribution in [0.5, 0.6) is 0 Å². The van der Waals surface area contributed by atoms with Gasteiger partial charge < -0.3 is 10.1 Å². The number of hydrogen-bond acceptors (Lipinski definition) is 5. The molecule has 2 aliphatic rings. The second kappa shape index (κ2) is 13.1. The first-order chi connectivity index (χ1) is 19.2. The number of amides is 1. The normalized spacial score (nSPS) is 28.9. The summed E-state index contributed by atoms with van der Waals surface area (Å²) in [7, 11) is 0. The Kier molecular flexibility index (Phi) is 11.1. The number of ether oxygens (including phenoxy) is 1. The highest BCUT2D eigenvalue weighted by molar-refractivity contribution is 6.02. The molecule has 1 N–H and O–H groups in total. The van der Waals surface area contributed by atoms with Crippen molar-refractivity contribution in [1.29, 1.82) is 5.26 Å². The minimum atomic E-state index is -0.568. The molecule has 5 atom stereocenters. The average Bonchev–Trinajstić information content (AvgIpc) is 2.85. The van der Waals surface area contributed by atoms with Crippen LogP contribution in [0.25, 0.3) is 0 Å². The number of nitrogens with one attached hydrogen (secondary N) is 1. The smallest absolute Gasteiger partial charge is 0.407 e. The van der Waals surface area contributed by atoms with Gasteiger partial charge >= 0.3 is 6.09 Å². The molecule has 6 heteroatoms. The summed E-state index contributed by atoms with van der Waals surface area (Å²) in [6.45, 7) is 25.1. The van der Waals surface area contributed by atoms with Gasteiger partial charge in [-0.3, -0.25) is 9.59 Å². The summed E-state index contributed by atoms with van der Waals surface area (Å²) < 4.78 is 5.51. The van der Waals surface area contributed by atoms with E-state index in [1.807, 2.05) is 26.8 Å². The molecule has 6 nitrogen and oxygen atoms in total. The highest BCUT2D eigenvalue weighted by atomic mass is 16.6. The van der Waals surface area contributed by atoms with Gasteiger partial charge in [0.05, 0.1) is 11.7 Å². The summed E-state index contributed by atoms with van der Waals surface area (Å²) in [5, 5.41) is 13.0. The molecule has 0 saturated heterocycles. The van der Waals surface area contributed by atoms with Crippen molar-refractivity contribution in [2.45, 2.75) is 146 Å². The lowest BCUT2D eigenvalue weighted by molar-refractivity contribution is -0.123. The number of alkyl carbamates (subject to hydrolysis) is 1. The maximum Gasteiger partial charge on any atom is 0.407 e. The molecule has 0 radical (unpaired) electrons. The van der Waals surface area contributed by atoms with Gasteiger partial charge in [-0.1, -0.05) is 73.5 Å². The second-order valence-corrected chi connectivity index (χ2v) is 15.7. The van der Waals surface area contributed by atoms with E-state index in [0.717, 1.165) is 56.9 Å². The van der Waals surface area contributed by atoms with Crippen molar-refractivity contribution in [3.63, 3.8) is 0 Å². The van der Waals surface area contributed by atoms with E-state index in [0.29, 0.717) is 0 Å². The summed E-state index contributed by atoms with van der Waals surface area (Å²) in [5.41, 5.74) is -0.247. The van der Waals surface area contributed by atoms with Gasteiger partial charge in [0.25, 0.3) is 0 Å². The van der Waals surface area contributed by atoms with Gasteiger partial charge in [0, 0.05) is 16.9 Å². The molecule has 0 spiro atoms. The van der Waals surface area contributed by atoms with Gasteiger partial charge in [-0.2, -0.15) is 5.26 Å². The molecule has 0 aliphatic heterocycles. The molecule has 236 valence electrons. The standard InChI is InChI=1S/C36H58N2O4/c1-13-15-32(6,7)17-19-34(10,38-31(41)42-24(2)3)20-18-33(8,9)36(12)16-14-28-26(5)30(40)27(23-37)22-35(28,11)29(36)21-25(4)39/h21-22,24,26,28H,13-20H2,1-12H3,(H,38,41)/b29-21-/t26-,28-,34-,35-,36+/m0/s1. The van der Waals surface area contributed by atoms with E-state index in [1.165, 1.54) is 0 Å². The largest absolute Gasteiger partial charge is 0.447 e. The van der Waals surface area contributed by atoms with Crippen LogP contribution in [0.2, 0.25) is 0 Å². The van der Waals surface area contributed by atoms with Crippen LogP contribution in [0.3, 0.4) is 0 Å². The summed E-state index contributed by atoms with van der Waals surface area (Å²) in [6, 6.07) is 2.14. The molecule has 2 aliphatic carbocycles. The SMILES string of the molecule is CCCC(C)(C)CC[C@@](C)(CCC(C)(C)[C@]1(C)CC[C@H]2[C@H](C)C(=O)C(C#N)=C[C@]2(C)/C1=C/C(C)=O)NC(=O)OC(C)C. The first kappa shape index (κ1) is 35.8. The molecule has 1 amide bonds. The quantitative estimate of drug-likeness (QED) is 0.232. The van der Waals surface area contributed by atoms with Crippen LogP contribution in [-0.4, -0.2) is 29.3 Å². The first-order valence-electron chi connectivity index (χ1n) is 16.1. The highest BCUT2D eigenvalue weighted by Gasteiger charge is 2.58. The molecular formula is C36H58N2O4. The number of fused-ring (bicyclic) bond motifs is 1. The van der Waals surface area contributed by atoms with Crippen molar-refractivity contribution in [2.75, 3.05) is 0 Å². The van der Waals surface area contributed by atoms with Crippen LogP contribution < -0.4 is 5.32 Å². The lowest BCUT2D eigenvalue weighted by Crippen LogP contribution is -2.53. The predicted octanol–water partition coefficient (Wildman–Crippen LogP) is 8.90. The Hall–Kier alpha value is -2.42. The van der Waals surface area contributed by atoms with Crippen molar-refractivity contribution in [3.8, 4) is 6.07 Å². The maximum atomic E-state index is 13.0. The van der Waals surface area contributed by atoms with Crippen molar-refractivity contribution in [1.82, 2.24) is 5.32 Å². The summed E-state index contributed by atoms with van der Waals surface area (Å²) >= 11 is 0. The maximum absolute atomic E-state index is 13.0. The van der Waals surface area contributed by atoms with Crippen LogP contribution >= 0.6 is 0 Å². The fourth-order valence-corrected chi connectivity index (χ4v) is 7.75. The number of Topliss-reactive ketones (excluding diaryl/α,β-unsaturated/α-hetero) is 1.